The molecule has 3 aromatic carbocycles. The zero-order valence-electron chi connectivity index (χ0n) is 15.9. The van der Waals surface area contributed by atoms with Crippen LogP contribution < -0.4 is 11.1 Å². The van der Waals surface area contributed by atoms with Crippen LogP contribution in [0.1, 0.15) is 27.2 Å². The predicted octanol–water partition coefficient (Wildman–Crippen LogP) is 4.54. The summed E-state index contributed by atoms with van der Waals surface area (Å²) in [7, 11) is 0. The number of para-hydroxylation sites is 2. The number of benzene rings is 3. The van der Waals surface area contributed by atoms with Gasteiger partial charge < -0.3 is 11.1 Å². The average molecular weight is 370 g/mol. The second-order valence-electron chi connectivity index (χ2n) is 7.00. The normalized spacial score (nSPS) is 10.9. The molecule has 4 aromatic rings. The van der Waals surface area contributed by atoms with Gasteiger partial charge in [0.15, 0.2) is 0 Å². The highest BCUT2D eigenvalue weighted by Crippen LogP contribution is 2.21. The van der Waals surface area contributed by atoms with Crippen LogP contribution in [0.5, 0.6) is 0 Å². The largest absolute Gasteiger partial charge is 0.397 e. The maximum Gasteiger partial charge on any atom is 0.255 e. The number of rotatable bonds is 4. The molecule has 1 aromatic heterocycles. The molecule has 0 saturated carbocycles. The lowest BCUT2D eigenvalue weighted by Crippen LogP contribution is -2.13. The second kappa shape index (κ2) is 7.19. The summed E-state index contributed by atoms with van der Waals surface area (Å²) in [6.07, 6.45) is 0. The van der Waals surface area contributed by atoms with Gasteiger partial charge in [0.05, 0.1) is 23.4 Å². The number of nitrogens with zero attached hydrogens (tertiary/aromatic N) is 2. The highest BCUT2D eigenvalue weighted by atomic mass is 16.1. The Morgan fingerprint density at radius 1 is 1.04 bits per heavy atom. The smallest absolute Gasteiger partial charge is 0.255 e. The molecule has 4 rings (SSSR count). The van der Waals surface area contributed by atoms with E-state index in [9.17, 15) is 4.79 Å². The summed E-state index contributed by atoms with van der Waals surface area (Å²) < 4.78 is 2.00. The van der Waals surface area contributed by atoms with Crippen LogP contribution in [0, 0.1) is 13.8 Å². The molecule has 0 unspecified atom stereocenters. The molecular formula is C23H22N4O. The Labute approximate surface area is 163 Å². The molecule has 5 nitrogen and oxygen atoms in total. The minimum Gasteiger partial charge on any atom is -0.397 e. The lowest BCUT2D eigenvalue weighted by molar-refractivity contribution is 0.102. The molecule has 0 aliphatic rings. The van der Waals surface area contributed by atoms with E-state index >= 15 is 0 Å². The molecule has 0 atom stereocenters. The number of carbonyl (C=O) groups is 1. The van der Waals surface area contributed by atoms with Crippen molar-refractivity contribution in [2.45, 2.75) is 20.4 Å². The topological polar surface area (TPSA) is 72.9 Å². The van der Waals surface area contributed by atoms with Crippen LogP contribution >= 0.6 is 0 Å². The van der Waals surface area contributed by atoms with E-state index in [1.807, 2.05) is 41.1 Å². The van der Waals surface area contributed by atoms with Crippen LogP contribution in [-0.2, 0) is 6.54 Å². The van der Waals surface area contributed by atoms with Crippen molar-refractivity contribution >= 4 is 28.2 Å². The summed E-state index contributed by atoms with van der Waals surface area (Å²) >= 11 is 0. The lowest BCUT2D eigenvalue weighted by atomic mass is 10.1. The summed E-state index contributed by atoms with van der Waals surface area (Å²) in [5.41, 5.74) is 12.1. The van der Waals surface area contributed by atoms with Gasteiger partial charge in [-0.3, -0.25) is 9.48 Å². The summed E-state index contributed by atoms with van der Waals surface area (Å²) in [6.45, 7) is 4.83. The highest BCUT2D eigenvalue weighted by Gasteiger charge is 2.10. The van der Waals surface area contributed by atoms with Crippen LogP contribution in [0.15, 0.2) is 66.7 Å². The van der Waals surface area contributed by atoms with Crippen molar-refractivity contribution in [1.29, 1.82) is 0 Å². The van der Waals surface area contributed by atoms with Gasteiger partial charge in [0.25, 0.3) is 5.91 Å². The van der Waals surface area contributed by atoms with E-state index < -0.39 is 0 Å². The third-order valence-electron chi connectivity index (χ3n) is 4.91. The molecular weight excluding hydrogens is 348 g/mol. The van der Waals surface area contributed by atoms with Gasteiger partial charge in [0.2, 0.25) is 0 Å². The van der Waals surface area contributed by atoms with Crippen molar-refractivity contribution in [1.82, 2.24) is 9.78 Å². The van der Waals surface area contributed by atoms with Crippen molar-refractivity contribution in [3.63, 3.8) is 0 Å². The average Bonchev–Trinajstić information content (AvgIpc) is 2.99. The van der Waals surface area contributed by atoms with Gasteiger partial charge in [0.1, 0.15) is 0 Å². The van der Waals surface area contributed by atoms with Gasteiger partial charge in [-0.1, -0.05) is 35.9 Å². The molecule has 5 heteroatoms. The van der Waals surface area contributed by atoms with E-state index in [1.165, 1.54) is 10.9 Å². The standard InChI is InChI=1S/C23H22N4O/c1-15-7-12-21-19(13-15)16(2)27(26-21)14-17-8-10-18(11-9-17)23(28)25-22-6-4-3-5-20(22)24/h3-13H,14,24H2,1-2H3,(H,25,28). The number of nitrogens with one attached hydrogen (secondary N) is 1. The first kappa shape index (κ1) is 17.8. The third kappa shape index (κ3) is 3.47. The molecule has 0 radical (unpaired) electrons. The Balaban J connectivity index is 1.51. The number of nitrogens with two attached hydrogens (primary N) is 1. The van der Waals surface area contributed by atoms with Crippen LogP contribution in [-0.4, -0.2) is 15.7 Å². The maximum absolute atomic E-state index is 12.5. The minimum absolute atomic E-state index is 0.180. The fraction of sp³-hybridized carbons (Fsp3) is 0.130. The van der Waals surface area contributed by atoms with Crippen molar-refractivity contribution < 1.29 is 4.79 Å². The first-order valence-electron chi connectivity index (χ1n) is 9.20. The zero-order chi connectivity index (χ0) is 19.7. The van der Waals surface area contributed by atoms with Gasteiger partial charge >= 0.3 is 0 Å². The van der Waals surface area contributed by atoms with Crippen LogP contribution in [0.3, 0.4) is 0 Å². The monoisotopic (exact) mass is 370 g/mol. The molecule has 0 aliphatic carbocycles. The molecule has 0 saturated heterocycles. The molecule has 0 spiro atoms. The van der Waals surface area contributed by atoms with Crippen molar-refractivity contribution in [2.75, 3.05) is 11.1 Å². The fourth-order valence-corrected chi connectivity index (χ4v) is 3.26. The molecule has 0 bridgehead atoms. The number of carbonyl (C=O) groups excluding carboxylic acids is 1. The maximum atomic E-state index is 12.5. The van der Waals surface area contributed by atoms with E-state index in [2.05, 4.69) is 37.4 Å². The number of amides is 1. The number of anilines is 2. The Morgan fingerprint density at radius 3 is 2.54 bits per heavy atom. The van der Waals surface area contributed by atoms with E-state index in [1.54, 1.807) is 12.1 Å². The summed E-state index contributed by atoms with van der Waals surface area (Å²) in [5, 5.41) is 8.72. The number of fused-ring (bicyclic) bond motifs is 1. The number of hydrogen-bond acceptors (Lipinski definition) is 3. The zero-order valence-corrected chi connectivity index (χ0v) is 15.9. The Morgan fingerprint density at radius 2 is 1.79 bits per heavy atom. The predicted molar refractivity (Wildman–Crippen MR) is 114 cm³/mol. The molecule has 28 heavy (non-hydrogen) atoms. The lowest BCUT2D eigenvalue weighted by Gasteiger charge is -2.09. The Kier molecular flexibility index (Phi) is 4.57. The number of aryl methyl sites for hydroxylation is 2. The quantitative estimate of drug-likeness (QED) is 0.518. The molecule has 0 aliphatic heterocycles. The first-order valence-corrected chi connectivity index (χ1v) is 9.20. The van der Waals surface area contributed by atoms with Gasteiger partial charge in [-0.25, -0.2) is 0 Å². The molecule has 0 fully saturated rings. The van der Waals surface area contributed by atoms with Gasteiger partial charge in [-0.15, -0.1) is 0 Å². The van der Waals surface area contributed by atoms with Crippen LogP contribution in [0.2, 0.25) is 0 Å². The molecule has 3 N–H and O–H groups in total. The second-order valence-corrected chi connectivity index (χ2v) is 7.00. The molecule has 1 amide bonds. The number of hydrogen-bond donors (Lipinski definition) is 2. The van der Waals surface area contributed by atoms with E-state index in [4.69, 9.17) is 10.8 Å². The fourth-order valence-electron chi connectivity index (χ4n) is 3.26. The van der Waals surface area contributed by atoms with E-state index in [0.29, 0.717) is 23.5 Å². The Hall–Kier alpha value is -3.60. The highest BCUT2D eigenvalue weighted by molar-refractivity contribution is 6.05. The minimum atomic E-state index is -0.180. The van der Waals surface area contributed by atoms with Crippen molar-refractivity contribution in [3.8, 4) is 0 Å². The Bertz CT molecular complexity index is 1160. The summed E-state index contributed by atoms with van der Waals surface area (Å²) in [5.74, 6) is -0.180. The molecule has 1 heterocycles. The van der Waals surface area contributed by atoms with Gasteiger partial charge in [-0.05, 0) is 55.8 Å². The van der Waals surface area contributed by atoms with Gasteiger partial charge in [0, 0.05) is 16.6 Å². The van der Waals surface area contributed by atoms with E-state index in [0.717, 1.165) is 16.8 Å². The SMILES string of the molecule is Cc1ccc2nn(Cc3ccc(C(=O)Nc4ccccc4N)cc3)c(C)c2c1. The summed E-state index contributed by atoms with van der Waals surface area (Å²) in [4.78, 5) is 12.5. The molecule has 140 valence electrons. The van der Waals surface area contributed by atoms with E-state index in [-0.39, 0.29) is 5.91 Å². The summed E-state index contributed by atoms with van der Waals surface area (Å²) in [6, 6.07) is 21.1. The third-order valence-corrected chi connectivity index (χ3v) is 4.91. The van der Waals surface area contributed by atoms with Crippen LogP contribution in [0.25, 0.3) is 10.9 Å². The van der Waals surface area contributed by atoms with Crippen LogP contribution in [0.4, 0.5) is 11.4 Å². The number of nitrogen functional groups attached to an aromatic ring is 1. The van der Waals surface area contributed by atoms with Crippen molar-refractivity contribution in [3.05, 3.63) is 89.1 Å². The first-order chi connectivity index (χ1) is 13.5. The number of aromatic nitrogens is 2. The van der Waals surface area contributed by atoms with Gasteiger partial charge in [-0.2, -0.15) is 5.10 Å². The van der Waals surface area contributed by atoms with Crippen molar-refractivity contribution in [2.24, 2.45) is 0 Å².